The summed E-state index contributed by atoms with van der Waals surface area (Å²) in [5.74, 6) is 0.120. The lowest BCUT2D eigenvalue weighted by molar-refractivity contribution is -0.384. The summed E-state index contributed by atoms with van der Waals surface area (Å²) in [5, 5.41) is 13.6. The van der Waals surface area contributed by atoms with Gasteiger partial charge in [-0.25, -0.2) is 4.98 Å². The molecule has 0 spiro atoms. The zero-order chi connectivity index (χ0) is 21.4. The van der Waals surface area contributed by atoms with E-state index in [9.17, 15) is 14.9 Å². The first-order valence-corrected chi connectivity index (χ1v) is 9.36. The number of nitro benzene ring substituents is 1. The van der Waals surface area contributed by atoms with Crippen molar-refractivity contribution < 1.29 is 14.1 Å². The van der Waals surface area contributed by atoms with Crippen molar-refractivity contribution in [3.05, 3.63) is 87.0 Å². The van der Waals surface area contributed by atoms with Gasteiger partial charge in [0.1, 0.15) is 5.52 Å². The molecule has 0 aliphatic rings. The van der Waals surface area contributed by atoms with Crippen molar-refractivity contribution in [2.24, 2.45) is 0 Å². The number of carbonyl (C=O) groups excluding carboxylic acids is 1. The number of nitrogens with one attached hydrogen (secondary N) is 1. The molecule has 4 rings (SSSR count). The highest BCUT2D eigenvalue weighted by atomic mass is 16.6. The highest BCUT2D eigenvalue weighted by Crippen LogP contribution is 2.29. The number of oxazole rings is 1. The Labute approximate surface area is 172 Å². The topological polar surface area (TPSA) is 98.3 Å². The van der Waals surface area contributed by atoms with Gasteiger partial charge in [0.15, 0.2) is 5.58 Å². The molecule has 30 heavy (non-hydrogen) atoms. The first-order chi connectivity index (χ1) is 14.3. The van der Waals surface area contributed by atoms with Gasteiger partial charge in [-0.2, -0.15) is 0 Å². The van der Waals surface area contributed by atoms with Crippen LogP contribution in [0.1, 0.15) is 27.0 Å². The van der Waals surface area contributed by atoms with Gasteiger partial charge in [-0.05, 0) is 73.9 Å². The number of hydrogen-bond donors (Lipinski definition) is 1. The van der Waals surface area contributed by atoms with Gasteiger partial charge < -0.3 is 9.73 Å². The molecule has 7 heteroatoms. The summed E-state index contributed by atoms with van der Waals surface area (Å²) in [6.45, 7) is 5.93. The van der Waals surface area contributed by atoms with E-state index >= 15 is 0 Å². The average molecular weight is 401 g/mol. The van der Waals surface area contributed by atoms with E-state index in [1.54, 1.807) is 0 Å². The van der Waals surface area contributed by atoms with Crippen molar-refractivity contribution >= 4 is 28.4 Å². The highest BCUT2D eigenvalue weighted by molar-refractivity contribution is 6.05. The van der Waals surface area contributed by atoms with Crippen molar-refractivity contribution in [3.8, 4) is 11.5 Å². The average Bonchev–Trinajstić information content (AvgIpc) is 3.12. The van der Waals surface area contributed by atoms with Crippen molar-refractivity contribution in [3.63, 3.8) is 0 Å². The van der Waals surface area contributed by atoms with Crippen LogP contribution >= 0.6 is 0 Å². The van der Waals surface area contributed by atoms with Crippen LogP contribution in [-0.4, -0.2) is 15.8 Å². The molecule has 0 aliphatic carbocycles. The van der Waals surface area contributed by atoms with Crippen LogP contribution in [0.5, 0.6) is 0 Å². The van der Waals surface area contributed by atoms with E-state index in [-0.39, 0.29) is 11.6 Å². The Balaban J connectivity index is 1.63. The summed E-state index contributed by atoms with van der Waals surface area (Å²) in [6.07, 6.45) is 0. The van der Waals surface area contributed by atoms with E-state index in [2.05, 4.69) is 10.3 Å². The van der Waals surface area contributed by atoms with Gasteiger partial charge in [-0.1, -0.05) is 6.07 Å². The van der Waals surface area contributed by atoms with Crippen LogP contribution in [0.4, 0.5) is 11.4 Å². The molecule has 0 radical (unpaired) electrons. The lowest BCUT2D eigenvalue weighted by Gasteiger charge is -2.09. The fourth-order valence-electron chi connectivity index (χ4n) is 3.12. The van der Waals surface area contributed by atoms with E-state index in [1.165, 1.54) is 24.3 Å². The monoisotopic (exact) mass is 401 g/mol. The van der Waals surface area contributed by atoms with Gasteiger partial charge in [-0.15, -0.1) is 0 Å². The predicted molar refractivity (Wildman–Crippen MR) is 115 cm³/mol. The molecular weight excluding hydrogens is 382 g/mol. The second-order valence-electron chi connectivity index (χ2n) is 7.21. The number of non-ortho nitro benzene ring substituents is 1. The molecule has 3 aromatic carbocycles. The minimum absolute atomic E-state index is 0.0637. The van der Waals surface area contributed by atoms with E-state index in [4.69, 9.17) is 4.42 Å². The maximum Gasteiger partial charge on any atom is 0.269 e. The number of benzene rings is 3. The summed E-state index contributed by atoms with van der Waals surface area (Å²) in [6, 6.07) is 15.0. The van der Waals surface area contributed by atoms with Crippen molar-refractivity contribution in [2.75, 3.05) is 5.32 Å². The molecular formula is C23H19N3O4. The van der Waals surface area contributed by atoms with E-state index in [1.807, 2.05) is 51.1 Å². The van der Waals surface area contributed by atoms with Gasteiger partial charge >= 0.3 is 0 Å². The maximum atomic E-state index is 12.6. The van der Waals surface area contributed by atoms with Crippen LogP contribution in [0.25, 0.3) is 22.6 Å². The number of carbonyl (C=O) groups is 1. The molecule has 0 saturated heterocycles. The highest BCUT2D eigenvalue weighted by Gasteiger charge is 2.14. The summed E-state index contributed by atoms with van der Waals surface area (Å²) >= 11 is 0. The smallest absolute Gasteiger partial charge is 0.269 e. The minimum Gasteiger partial charge on any atom is -0.436 e. The van der Waals surface area contributed by atoms with Gasteiger partial charge in [0.2, 0.25) is 5.89 Å². The molecule has 1 heterocycles. The number of nitro groups is 1. The van der Waals surface area contributed by atoms with Crippen molar-refractivity contribution in [1.29, 1.82) is 0 Å². The first kappa shape index (κ1) is 19.3. The van der Waals surface area contributed by atoms with Crippen LogP contribution in [0.15, 0.2) is 59.0 Å². The Morgan fingerprint density at radius 1 is 0.967 bits per heavy atom. The summed E-state index contributed by atoms with van der Waals surface area (Å²) in [5.41, 5.74) is 6.26. The van der Waals surface area contributed by atoms with Crippen LogP contribution in [0.3, 0.4) is 0 Å². The molecule has 0 fully saturated rings. The fraction of sp³-hybridized carbons (Fsp3) is 0.130. The minimum atomic E-state index is -0.501. The largest absolute Gasteiger partial charge is 0.436 e. The Kier molecular flexibility index (Phi) is 4.79. The first-order valence-electron chi connectivity index (χ1n) is 9.36. The predicted octanol–water partition coefficient (Wildman–Crippen LogP) is 5.58. The zero-order valence-electron chi connectivity index (χ0n) is 16.7. The fourth-order valence-corrected chi connectivity index (χ4v) is 3.12. The number of aryl methyl sites for hydroxylation is 3. The molecule has 0 bridgehead atoms. The number of amides is 1. The Morgan fingerprint density at radius 3 is 2.37 bits per heavy atom. The second-order valence-corrected chi connectivity index (χ2v) is 7.21. The number of fused-ring (bicyclic) bond motifs is 1. The van der Waals surface area contributed by atoms with Gasteiger partial charge in [0.25, 0.3) is 11.6 Å². The Hall–Kier alpha value is -4.00. The molecule has 1 N–H and O–H groups in total. The molecule has 0 saturated carbocycles. The van der Waals surface area contributed by atoms with E-state index in [0.717, 1.165) is 27.8 Å². The number of anilines is 1. The Bertz CT molecular complexity index is 1250. The lowest BCUT2D eigenvalue weighted by Crippen LogP contribution is -2.12. The van der Waals surface area contributed by atoms with E-state index < -0.39 is 4.92 Å². The molecule has 150 valence electrons. The van der Waals surface area contributed by atoms with Gasteiger partial charge in [-0.3, -0.25) is 14.9 Å². The molecule has 0 unspecified atom stereocenters. The molecule has 0 atom stereocenters. The van der Waals surface area contributed by atoms with Crippen molar-refractivity contribution in [1.82, 2.24) is 4.98 Å². The van der Waals surface area contributed by atoms with Gasteiger partial charge in [0, 0.05) is 28.9 Å². The summed E-state index contributed by atoms with van der Waals surface area (Å²) in [7, 11) is 0. The molecule has 0 aliphatic heterocycles. The third-order valence-electron chi connectivity index (χ3n) is 5.08. The number of aromatic nitrogens is 1. The molecule has 1 amide bonds. The normalized spacial score (nSPS) is 10.9. The van der Waals surface area contributed by atoms with Crippen LogP contribution < -0.4 is 5.32 Å². The zero-order valence-corrected chi connectivity index (χ0v) is 16.7. The maximum absolute atomic E-state index is 12.6. The Morgan fingerprint density at radius 2 is 1.67 bits per heavy atom. The molecule has 1 aromatic heterocycles. The second kappa shape index (κ2) is 7.44. The third kappa shape index (κ3) is 3.65. The van der Waals surface area contributed by atoms with Crippen LogP contribution in [0, 0.1) is 30.9 Å². The third-order valence-corrected chi connectivity index (χ3v) is 5.08. The number of hydrogen-bond acceptors (Lipinski definition) is 5. The summed E-state index contributed by atoms with van der Waals surface area (Å²) in [4.78, 5) is 27.4. The standard InChI is InChI=1S/C23H19N3O4/c1-13-4-5-17(23-25-20-10-14(2)15(3)11-21(20)30-23)12-19(13)24-22(27)16-6-8-18(9-7-16)26(28)29/h4-12H,1-3H3,(H,24,27). The van der Waals surface area contributed by atoms with Gasteiger partial charge in [0.05, 0.1) is 4.92 Å². The molecule has 7 nitrogen and oxygen atoms in total. The summed E-state index contributed by atoms with van der Waals surface area (Å²) < 4.78 is 5.92. The lowest BCUT2D eigenvalue weighted by atomic mass is 10.1. The van der Waals surface area contributed by atoms with E-state index in [0.29, 0.717) is 22.7 Å². The number of rotatable bonds is 4. The number of nitrogens with zero attached hydrogens (tertiary/aromatic N) is 2. The SMILES string of the molecule is Cc1cc2nc(-c3ccc(C)c(NC(=O)c4ccc([N+](=O)[O-])cc4)c3)oc2cc1C. The van der Waals surface area contributed by atoms with Crippen molar-refractivity contribution in [2.45, 2.75) is 20.8 Å². The van der Waals surface area contributed by atoms with Crippen LogP contribution in [0.2, 0.25) is 0 Å². The quantitative estimate of drug-likeness (QED) is 0.355. The van der Waals surface area contributed by atoms with Crippen LogP contribution in [-0.2, 0) is 0 Å². The molecule has 4 aromatic rings.